The molecule has 1 atom stereocenters. The molecule has 1 aliphatic rings. The third-order valence-electron chi connectivity index (χ3n) is 2.71. The van der Waals surface area contributed by atoms with Crippen LogP contribution in [0.3, 0.4) is 0 Å². The predicted molar refractivity (Wildman–Crippen MR) is 52.6 cm³/mol. The van der Waals surface area contributed by atoms with E-state index in [0.29, 0.717) is 24.2 Å². The van der Waals surface area contributed by atoms with E-state index in [2.05, 4.69) is 0 Å². The van der Waals surface area contributed by atoms with Crippen LogP contribution in [-0.2, 0) is 22.0 Å². The SMILES string of the molecule is CC1(O)CCCc2oc(S(N)(=O)=O)cc21. The lowest BCUT2D eigenvalue weighted by atomic mass is 9.85. The minimum Gasteiger partial charge on any atom is -0.448 e. The number of fused-ring (bicyclic) bond motifs is 1. The zero-order valence-corrected chi connectivity index (χ0v) is 9.17. The van der Waals surface area contributed by atoms with Gasteiger partial charge >= 0.3 is 0 Å². The van der Waals surface area contributed by atoms with Gasteiger partial charge in [-0.3, -0.25) is 0 Å². The van der Waals surface area contributed by atoms with Gasteiger partial charge in [0.05, 0.1) is 5.60 Å². The number of nitrogens with two attached hydrogens (primary N) is 1. The Hall–Kier alpha value is -0.850. The Kier molecular flexibility index (Phi) is 2.18. The Balaban J connectivity index is 2.57. The van der Waals surface area contributed by atoms with E-state index < -0.39 is 15.6 Å². The van der Waals surface area contributed by atoms with Gasteiger partial charge in [0.2, 0.25) is 5.09 Å². The Morgan fingerprint density at radius 3 is 2.80 bits per heavy atom. The van der Waals surface area contributed by atoms with Gasteiger partial charge < -0.3 is 9.52 Å². The van der Waals surface area contributed by atoms with E-state index in [1.165, 1.54) is 6.07 Å². The molecule has 3 N–H and O–H groups in total. The van der Waals surface area contributed by atoms with Crippen LogP contribution in [0.5, 0.6) is 0 Å². The molecule has 6 heteroatoms. The Bertz CT molecular complexity index is 486. The van der Waals surface area contributed by atoms with Crippen molar-refractivity contribution in [3.05, 3.63) is 17.4 Å². The molecular formula is C9H13NO4S. The van der Waals surface area contributed by atoms with Crippen LogP contribution in [0.25, 0.3) is 0 Å². The van der Waals surface area contributed by atoms with Crippen LogP contribution in [0.15, 0.2) is 15.6 Å². The van der Waals surface area contributed by atoms with E-state index in [-0.39, 0.29) is 5.09 Å². The molecule has 0 spiro atoms. The van der Waals surface area contributed by atoms with E-state index >= 15 is 0 Å². The minimum absolute atomic E-state index is 0.269. The van der Waals surface area contributed by atoms with E-state index in [0.717, 1.165) is 6.42 Å². The molecule has 0 radical (unpaired) electrons. The van der Waals surface area contributed by atoms with Gasteiger partial charge in [-0.1, -0.05) is 0 Å². The van der Waals surface area contributed by atoms with Crippen molar-refractivity contribution in [1.29, 1.82) is 0 Å². The standard InChI is InChI=1S/C9H13NO4S/c1-9(11)4-2-3-7-6(9)5-8(14-7)15(10,12)13/h5,11H,2-4H2,1H3,(H2,10,12,13). The van der Waals surface area contributed by atoms with Crippen molar-refractivity contribution in [1.82, 2.24) is 0 Å². The van der Waals surface area contributed by atoms with E-state index in [9.17, 15) is 13.5 Å². The highest BCUT2D eigenvalue weighted by Crippen LogP contribution is 2.37. The van der Waals surface area contributed by atoms with Gasteiger partial charge in [-0.25, -0.2) is 13.6 Å². The number of furan rings is 1. The van der Waals surface area contributed by atoms with Crippen LogP contribution in [-0.4, -0.2) is 13.5 Å². The van der Waals surface area contributed by atoms with Crippen LogP contribution in [0, 0.1) is 0 Å². The molecule has 0 fully saturated rings. The molecule has 1 aliphatic carbocycles. The van der Waals surface area contributed by atoms with Gasteiger partial charge in [0.1, 0.15) is 5.76 Å². The summed E-state index contributed by atoms with van der Waals surface area (Å²) >= 11 is 0. The van der Waals surface area contributed by atoms with E-state index in [4.69, 9.17) is 9.56 Å². The third-order valence-corrected chi connectivity index (χ3v) is 3.48. The second-order valence-electron chi connectivity index (χ2n) is 4.07. The van der Waals surface area contributed by atoms with Crippen LogP contribution in [0.4, 0.5) is 0 Å². The van der Waals surface area contributed by atoms with Crippen molar-refractivity contribution in [3.8, 4) is 0 Å². The summed E-state index contributed by atoms with van der Waals surface area (Å²) in [4.78, 5) is 0. The molecule has 0 saturated carbocycles. The van der Waals surface area contributed by atoms with E-state index in [1.54, 1.807) is 6.92 Å². The topological polar surface area (TPSA) is 93.5 Å². The number of primary sulfonamides is 1. The molecule has 15 heavy (non-hydrogen) atoms. The molecule has 0 bridgehead atoms. The van der Waals surface area contributed by atoms with Gasteiger partial charge in [-0.05, 0) is 19.8 Å². The summed E-state index contributed by atoms with van der Waals surface area (Å²) in [5.41, 5.74) is -0.474. The normalized spacial score (nSPS) is 26.3. The fourth-order valence-electron chi connectivity index (χ4n) is 1.91. The quantitative estimate of drug-likeness (QED) is 0.734. The van der Waals surface area contributed by atoms with Crippen molar-refractivity contribution >= 4 is 10.0 Å². The molecule has 0 amide bonds. The fraction of sp³-hybridized carbons (Fsp3) is 0.556. The van der Waals surface area contributed by atoms with Crippen molar-refractivity contribution in [2.24, 2.45) is 5.14 Å². The van der Waals surface area contributed by atoms with Gasteiger partial charge in [-0.15, -0.1) is 0 Å². The molecular weight excluding hydrogens is 218 g/mol. The lowest BCUT2D eigenvalue weighted by Gasteiger charge is -2.26. The maximum atomic E-state index is 11.1. The second-order valence-corrected chi connectivity index (χ2v) is 5.57. The van der Waals surface area contributed by atoms with E-state index in [1.807, 2.05) is 0 Å². The molecule has 1 heterocycles. The third kappa shape index (κ3) is 1.80. The number of aliphatic hydroxyl groups is 1. The average Bonchev–Trinajstić information content (AvgIpc) is 2.47. The number of hydrogen-bond acceptors (Lipinski definition) is 4. The average molecular weight is 231 g/mol. The molecule has 0 aliphatic heterocycles. The largest absolute Gasteiger partial charge is 0.448 e. The molecule has 2 rings (SSSR count). The predicted octanol–water partition coefficient (Wildman–Crippen LogP) is 0.471. The number of hydrogen-bond donors (Lipinski definition) is 2. The van der Waals surface area contributed by atoms with Crippen molar-refractivity contribution in [2.75, 3.05) is 0 Å². The highest BCUT2D eigenvalue weighted by Gasteiger charge is 2.34. The van der Waals surface area contributed by atoms with Crippen LogP contribution in [0.1, 0.15) is 31.1 Å². The van der Waals surface area contributed by atoms with Crippen molar-refractivity contribution in [3.63, 3.8) is 0 Å². The summed E-state index contributed by atoms with van der Waals surface area (Å²) in [7, 11) is -3.82. The number of sulfonamides is 1. The van der Waals surface area contributed by atoms with Crippen LogP contribution >= 0.6 is 0 Å². The lowest BCUT2D eigenvalue weighted by Crippen LogP contribution is -2.25. The maximum Gasteiger partial charge on any atom is 0.271 e. The first-order valence-corrected chi connectivity index (χ1v) is 6.24. The number of aryl methyl sites for hydroxylation is 1. The van der Waals surface area contributed by atoms with Crippen LogP contribution in [0.2, 0.25) is 0 Å². The first-order valence-electron chi connectivity index (χ1n) is 4.69. The van der Waals surface area contributed by atoms with Gasteiger partial charge in [-0.2, -0.15) is 0 Å². The Labute approximate surface area is 87.9 Å². The summed E-state index contributed by atoms with van der Waals surface area (Å²) in [5.74, 6) is 0.523. The summed E-state index contributed by atoms with van der Waals surface area (Å²) < 4.78 is 27.3. The van der Waals surface area contributed by atoms with Crippen LogP contribution < -0.4 is 5.14 Å². The molecule has 0 saturated heterocycles. The molecule has 0 aromatic carbocycles. The highest BCUT2D eigenvalue weighted by atomic mass is 32.2. The first kappa shape index (κ1) is 10.7. The minimum atomic E-state index is -3.82. The maximum absolute atomic E-state index is 11.1. The fourth-order valence-corrected chi connectivity index (χ4v) is 2.41. The summed E-state index contributed by atoms with van der Waals surface area (Å²) in [6.45, 7) is 1.65. The number of rotatable bonds is 1. The second kappa shape index (κ2) is 3.07. The molecule has 5 nitrogen and oxygen atoms in total. The summed E-state index contributed by atoms with van der Waals surface area (Å²) in [6, 6.07) is 1.32. The van der Waals surface area contributed by atoms with Crippen molar-refractivity contribution < 1.29 is 17.9 Å². The zero-order chi connectivity index (χ0) is 11.3. The molecule has 84 valence electrons. The van der Waals surface area contributed by atoms with Gasteiger partial charge in [0.15, 0.2) is 0 Å². The Morgan fingerprint density at radius 1 is 1.60 bits per heavy atom. The lowest BCUT2D eigenvalue weighted by molar-refractivity contribution is 0.0362. The zero-order valence-electron chi connectivity index (χ0n) is 8.36. The summed E-state index contributed by atoms with van der Waals surface area (Å²) in [6.07, 6.45) is 2.02. The first-order chi connectivity index (χ1) is 6.81. The van der Waals surface area contributed by atoms with Crippen molar-refractivity contribution in [2.45, 2.75) is 36.9 Å². The molecule has 1 unspecified atom stereocenters. The Morgan fingerprint density at radius 2 is 2.27 bits per heavy atom. The highest BCUT2D eigenvalue weighted by molar-refractivity contribution is 7.89. The molecule has 1 aromatic rings. The van der Waals surface area contributed by atoms with Gasteiger partial charge in [0.25, 0.3) is 10.0 Å². The molecule has 1 aromatic heterocycles. The smallest absolute Gasteiger partial charge is 0.271 e. The van der Waals surface area contributed by atoms with Gasteiger partial charge in [0, 0.05) is 18.1 Å². The monoisotopic (exact) mass is 231 g/mol. The summed E-state index contributed by atoms with van der Waals surface area (Å²) in [5, 5.41) is 14.7.